The van der Waals surface area contributed by atoms with Gasteiger partial charge in [0.25, 0.3) is 0 Å². The van der Waals surface area contributed by atoms with E-state index in [2.05, 4.69) is 0 Å². The van der Waals surface area contributed by atoms with E-state index in [1.807, 2.05) is 25.7 Å². The summed E-state index contributed by atoms with van der Waals surface area (Å²) in [7, 11) is 0. The van der Waals surface area contributed by atoms with Crippen LogP contribution in [0.4, 0.5) is 4.79 Å². The van der Waals surface area contributed by atoms with Gasteiger partial charge in [-0.05, 0) is 33.1 Å². The third kappa shape index (κ3) is 3.00. The molecule has 2 fully saturated rings. The van der Waals surface area contributed by atoms with Crippen molar-refractivity contribution in [3.05, 3.63) is 0 Å². The standard InChI is InChI=1S/C15H26N2O4/c1-4-15(12(18)19)5-7-16(8-6-15)13(20)17-9-10-21-11-14(17,2)3/h4-11H2,1-3H3,(H,18,19). The molecule has 2 amide bonds. The maximum absolute atomic E-state index is 12.7. The minimum atomic E-state index is -0.733. The van der Waals surface area contributed by atoms with Gasteiger partial charge in [-0.1, -0.05) is 6.92 Å². The molecule has 0 aromatic rings. The lowest BCUT2D eigenvalue weighted by molar-refractivity contribution is -0.152. The number of carboxylic acid groups (broad SMARTS) is 1. The summed E-state index contributed by atoms with van der Waals surface area (Å²) in [6, 6.07) is 0.0124. The van der Waals surface area contributed by atoms with Crippen molar-refractivity contribution in [1.82, 2.24) is 9.80 Å². The summed E-state index contributed by atoms with van der Waals surface area (Å²) in [5, 5.41) is 9.42. The smallest absolute Gasteiger partial charge is 0.320 e. The quantitative estimate of drug-likeness (QED) is 0.844. The molecule has 0 aliphatic carbocycles. The van der Waals surface area contributed by atoms with Crippen molar-refractivity contribution in [3.63, 3.8) is 0 Å². The van der Waals surface area contributed by atoms with Crippen molar-refractivity contribution in [1.29, 1.82) is 0 Å². The summed E-state index contributed by atoms with van der Waals surface area (Å²) >= 11 is 0. The van der Waals surface area contributed by atoms with Gasteiger partial charge in [-0.25, -0.2) is 4.79 Å². The topological polar surface area (TPSA) is 70.1 Å². The molecule has 6 heteroatoms. The number of carbonyl (C=O) groups excluding carboxylic acids is 1. The van der Waals surface area contributed by atoms with E-state index in [1.54, 1.807) is 4.90 Å². The molecular formula is C15H26N2O4. The first-order valence-electron chi connectivity index (χ1n) is 7.70. The molecule has 0 aromatic carbocycles. The molecule has 2 heterocycles. The Morgan fingerprint density at radius 1 is 1.19 bits per heavy atom. The van der Waals surface area contributed by atoms with Gasteiger partial charge in [-0.2, -0.15) is 0 Å². The van der Waals surface area contributed by atoms with Crippen LogP contribution in [0.1, 0.15) is 40.0 Å². The average Bonchev–Trinajstić information content (AvgIpc) is 2.46. The molecule has 21 heavy (non-hydrogen) atoms. The Morgan fingerprint density at radius 3 is 2.29 bits per heavy atom. The van der Waals surface area contributed by atoms with E-state index < -0.39 is 11.4 Å². The van der Waals surface area contributed by atoms with Crippen molar-refractivity contribution in [2.24, 2.45) is 5.41 Å². The number of ether oxygens (including phenoxy) is 1. The van der Waals surface area contributed by atoms with Crippen molar-refractivity contribution >= 4 is 12.0 Å². The van der Waals surface area contributed by atoms with Crippen LogP contribution in [0.15, 0.2) is 0 Å². The van der Waals surface area contributed by atoms with Crippen molar-refractivity contribution < 1.29 is 19.4 Å². The highest BCUT2D eigenvalue weighted by atomic mass is 16.5. The molecule has 120 valence electrons. The number of urea groups is 1. The van der Waals surface area contributed by atoms with E-state index in [-0.39, 0.29) is 11.6 Å². The highest BCUT2D eigenvalue weighted by Gasteiger charge is 2.43. The average molecular weight is 298 g/mol. The van der Waals surface area contributed by atoms with Gasteiger partial charge in [-0.3, -0.25) is 4.79 Å². The van der Waals surface area contributed by atoms with Gasteiger partial charge < -0.3 is 19.6 Å². The summed E-state index contributed by atoms with van der Waals surface area (Å²) in [5.41, 5.74) is -0.960. The lowest BCUT2D eigenvalue weighted by Crippen LogP contribution is -2.60. The van der Waals surface area contributed by atoms with Gasteiger partial charge in [0.05, 0.1) is 24.2 Å². The van der Waals surface area contributed by atoms with E-state index in [4.69, 9.17) is 4.74 Å². The Bertz CT molecular complexity index is 414. The number of carbonyl (C=O) groups is 2. The molecule has 0 unspecified atom stereocenters. The number of hydrogen-bond donors (Lipinski definition) is 1. The molecule has 1 N–H and O–H groups in total. The first kappa shape index (κ1) is 16.1. The highest BCUT2D eigenvalue weighted by molar-refractivity contribution is 5.77. The maximum atomic E-state index is 12.7. The summed E-state index contributed by atoms with van der Waals surface area (Å²) in [5.74, 6) is -0.733. The Kier molecular flexibility index (Phi) is 4.46. The van der Waals surface area contributed by atoms with Crippen LogP contribution >= 0.6 is 0 Å². The largest absolute Gasteiger partial charge is 0.481 e. The van der Waals surface area contributed by atoms with Gasteiger partial charge in [0.15, 0.2) is 0 Å². The number of aliphatic carboxylic acids is 1. The molecule has 2 aliphatic rings. The van der Waals surface area contributed by atoms with E-state index in [0.29, 0.717) is 52.1 Å². The SMILES string of the molecule is CCC1(C(=O)O)CCN(C(=O)N2CCOCC2(C)C)CC1. The Balaban J connectivity index is 2.01. The molecule has 0 radical (unpaired) electrons. The van der Waals surface area contributed by atoms with E-state index in [1.165, 1.54) is 0 Å². The fourth-order valence-corrected chi connectivity index (χ4v) is 3.23. The molecule has 0 atom stereocenters. The Morgan fingerprint density at radius 2 is 1.81 bits per heavy atom. The molecule has 0 aromatic heterocycles. The Labute approximate surface area is 126 Å². The van der Waals surface area contributed by atoms with Crippen LogP contribution < -0.4 is 0 Å². The van der Waals surface area contributed by atoms with Gasteiger partial charge in [0.1, 0.15) is 0 Å². The number of amides is 2. The molecule has 2 aliphatic heterocycles. The van der Waals surface area contributed by atoms with Crippen LogP contribution in [0, 0.1) is 5.41 Å². The first-order chi connectivity index (χ1) is 9.82. The summed E-state index contributed by atoms with van der Waals surface area (Å²) < 4.78 is 5.44. The summed E-state index contributed by atoms with van der Waals surface area (Å²) in [6.45, 7) is 8.66. The number of piperidine rings is 1. The zero-order valence-electron chi connectivity index (χ0n) is 13.2. The minimum Gasteiger partial charge on any atom is -0.481 e. The zero-order valence-corrected chi connectivity index (χ0v) is 13.2. The third-order valence-electron chi connectivity index (χ3n) is 5.00. The van der Waals surface area contributed by atoms with Crippen molar-refractivity contribution in [2.75, 3.05) is 32.8 Å². The maximum Gasteiger partial charge on any atom is 0.320 e. The second kappa shape index (κ2) is 5.83. The summed E-state index contributed by atoms with van der Waals surface area (Å²) in [6.07, 6.45) is 1.69. The predicted molar refractivity (Wildman–Crippen MR) is 78.2 cm³/mol. The second-order valence-corrected chi connectivity index (χ2v) is 6.73. The minimum absolute atomic E-state index is 0.0124. The van der Waals surface area contributed by atoms with E-state index >= 15 is 0 Å². The van der Waals surface area contributed by atoms with Crippen molar-refractivity contribution in [3.8, 4) is 0 Å². The lowest BCUT2D eigenvalue weighted by atomic mass is 9.76. The third-order valence-corrected chi connectivity index (χ3v) is 5.00. The number of carboxylic acids is 1. The van der Waals surface area contributed by atoms with Crippen LogP contribution in [-0.2, 0) is 9.53 Å². The van der Waals surface area contributed by atoms with Gasteiger partial charge in [0.2, 0.25) is 0 Å². The van der Waals surface area contributed by atoms with E-state index in [9.17, 15) is 14.7 Å². The molecule has 2 saturated heterocycles. The van der Waals surface area contributed by atoms with Crippen LogP contribution in [0.3, 0.4) is 0 Å². The molecule has 0 spiro atoms. The highest BCUT2D eigenvalue weighted by Crippen LogP contribution is 2.36. The van der Waals surface area contributed by atoms with Gasteiger partial charge in [0, 0.05) is 19.6 Å². The molecule has 0 saturated carbocycles. The molecule has 0 bridgehead atoms. The first-order valence-corrected chi connectivity index (χ1v) is 7.70. The van der Waals surface area contributed by atoms with Gasteiger partial charge >= 0.3 is 12.0 Å². The number of morpholine rings is 1. The van der Waals surface area contributed by atoms with Crippen LogP contribution in [-0.4, -0.2) is 65.3 Å². The number of likely N-dealkylation sites (tertiary alicyclic amines) is 1. The number of nitrogens with zero attached hydrogens (tertiary/aromatic N) is 2. The van der Waals surface area contributed by atoms with Crippen molar-refractivity contribution in [2.45, 2.75) is 45.6 Å². The normalized spacial score (nSPS) is 24.7. The van der Waals surface area contributed by atoms with Crippen LogP contribution in [0.5, 0.6) is 0 Å². The van der Waals surface area contributed by atoms with Crippen LogP contribution in [0.25, 0.3) is 0 Å². The predicted octanol–water partition coefficient (Wildman–Crippen LogP) is 1.79. The van der Waals surface area contributed by atoms with E-state index in [0.717, 1.165) is 0 Å². The number of hydrogen-bond acceptors (Lipinski definition) is 3. The Hall–Kier alpha value is -1.30. The lowest BCUT2D eigenvalue weighted by Gasteiger charge is -2.46. The second-order valence-electron chi connectivity index (χ2n) is 6.73. The molecule has 2 rings (SSSR count). The molecule has 6 nitrogen and oxygen atoms in total. The molecular weight excluding hydrogens is 272 g/mol. The summed E-state index contributed by atoms with van der Waals surface area (Å²) in [4.78, 5) is 27.8. The van der Waals surface area contributed by atoms with Gasteiger partial charge in [-0.15, -0.1) is 0 Å². The zero-order chi connectivity index (χ0) is 15.7. The fraction of sp³-hybridized carbons (Fsp3) is 0.867. The number of rotatable bonds is 2. The van der Waals surface area contributed by atoms with Crippen LogP contribution in [0.2, 0.25) is 0 Å². The fourth-order valence-electron chi connectivity index (χ4n) is 3.23. The monoisotopic (exact) mass is 298 g/mol.